The Labute approximate surface area is 334 Å². The topological polar surface area (TPSA) is 8.17 Å². The maximum Gasteiger partial charge on any atom is 0.0974 e. The van der Waals surface area contributed by atoms with Gasteiger partial charge in [-0.2, -0.15) is 0 Å². The Kier molecular flexibility index (Phi) is 7.60. The van der Waals surface area contributed by atoms with E-state index in [-0.39, 0.29) is 5.41 Å². The van der Waals surface area contributed by atoms with Crippen LogP contribution in [-0.2, 0) is 5.41 Å². The lowest BCUT2D eigenvalue weighted by Gasteiger charge is -2.25. The molecule has 0 spiro atoms. The van der Waals surface area contributed by atoms with E-state index in [2.05, 4.69) is 217 Å². The van der Waals surface area contributed by atoms with Crippen molar-refractivity contribution in [3.8, 4) is 27.9 Å². The molecular formula is C55H40N2. The molecule has 2 heteroatoms. The van der Waals surface area contributed by atoms with E-state index >= 15 is 0 Å². The number of anilines is 3. The quantitative estimate of drug-likeness (QED) is 0.165. The SMILES string of the molecule is CC1(C)C2=C(CCC=C2)c2c1ccc1cccc(-c3c#cc(N(c4ccc(-c5ccccc5)cc4)c4ccc5c6ccccc6n(-c6ccccc6)c5c4)cc3)c21. The maximum absolute atomic E-state index is 3.68. The van der Waals surface area contributed by atoms with Crippen molar-refractivity contribution in [3.63, 3.8) is 0 Å². The summed E-state index contributed by atoms with van der Waals surface area (Å²) in [5.41, 5.74) is 17.0. The zero-order valence-corrected chi connectivity index (χ0v) is 32.1. The Bertz CT molecular complexity index is 3050. The van der Waals surface area contributed by atoms with Crippen molar-refractivity contribution >= 4 is 55.2 Å². The Morgan fingerprint density at radius 1 is 0.596 bits per heavy atom. The average molecular weight is 729 g/mol. The van der Waals surface area contributed by atoms with Crippen molar-refractivity contribution in [2.24, 2.45) is 0 Å². The van der Waals surface area contributed by atoms with Crippen LogP contribution in [0.15, 0.2) is 188 Å². The maximum atomic E-state index is 3.68. The summed E-state index contributed by atoms with van der Waals surface area (Å²) in [6, 6.07) is 68.9. The first-order valence-electron chi connectivity index (χ1n) is 20.0. The van der Waals surface area contributed by atoms with E-state index in [1.165, 1.54) is 66.0 Å². The standard InChI is InChI=1S/C55H40N2/c1-55(2)49-22-11-9-20-48(49)54-50(55)35-28-40-16-13-21-45(53(40)54)39-26-31-43(32-27-39)56(42-29-24-38(25-30-42)37-14-5-3-6-15-37)44-33-34-47-46-19-10-12-23-51(46)57(52(47)36-44)41-17-7-4-8-18-41/h3-8,10-19,21-26,28-31,33-36H,9,20H2,1-2H3. The lowest BCUT2D eigenvalue weighted by molar-refractivity contribution is 0.652. The Morgan fingerprint density at radius 3 is 2.14 bits per heavy atom. The third-order valence-corrected chi connectivity index (χ3v) is 12.3. The van der Waals surface area contributed by atoms with Crippen LogP contribution in [0.3, 0.4) is 0 Å². The van der Waals surface area contributed by atoms with Crippen molar-refractivity contribution in [2.75, 3.05) is 4.90 Å². The van der Waals surface area contributed by atoms with Crippen LogP contribution in [0.2, 0.25) is 0 Å². The molecule has 9 aromatic rings. The molecular weight excluding hydrogens is 689 g/mol. The molecule has 270 valence electrons. The molecule has 0 unspecified atom stereocenters. The predicted molar refractivity (Wildman–Crippen MR) is 240 cm³/mol. The number of benzene rings is 7. The van der Waals surface area contributed by atoms with Crippen LogP contribution >= 0.6 is 0 Å². The summed E-state index contributed by atoms with van der Waals surface area (Å²) in [7, 11) is 0. The molecule has 2 aliphatic carbocycles. The van der Waals surface area contributed by atoms with Gasteiger partial charge in [0.15, 0.2) is 0 Å². The van der Waals surface area contributed by atoms with E-state index in [0.29, 0.717) is 0 Å². The smallest absolute Gasteiger partial charge is 0.0974 e. The number of aromatic nitrogens is 1. The summed E-state index contributed by atoms with van der Waals surface area (Å²) in [5, 5.41) is 5.06. The summed E-state index contributed by atoms with van der Waals surface area (Å²) in [6.07, 6.45) is 6.88. The summed E-state index contributed by atoms with van der Waals surface area (Å²) < 4.78 is 2.38. The van der Waals surface area contributed by atoms with Crippen LogP contribution in [0.4, 0.5) is 17.1 Å². The van der Waals surface area contributed by atoms with Crippen LogP contribution in [0, 0.1) is 12.1 Å². The van der Waals surface area contributed by atoms with Gasteiger partial charge in [0.05, 0.1) is 16.7 Å². The van der Waals surface area contributed by atoms with Crippen LogP contribution in [-0.4, -0.2) is 4.57 Å². The molecule has 57 heavy (non-hydrogen) atoms. The van der Waals surface area contributed by atoms with Gasteiger partial charge < -0.3 is 9.47 Å². The van der Waals surface area contributed by atoms with Crippen molar-refractivity contribution in [1.29, 1.82) is 0 Å². The molecule has 0 saturated heterocycles. The van der Waals surface area contributed by atoms with Gasteiger partial charge in [0.1, 0.15) is 0 Å². The minimum atomic E-state index is -0.0214. The van der Waals surface area contributed by atoms with E-state index < -0.39 is 0 Å². The number of hydrogen-bond donors (Lipinski definition) is 0. The molecule has 0 bridgehead atoms. The zero-order valence-electron chi connectivity index (χ0n) is 32.1. The van der Waals surface area contributed by atoms with Gasteiger partial charge in [-0.3, -0.25) is 0 Å². The van der Waals surface area contributed by atoms with Crippen molar-refractivity contribution in [2.45, 2.75) is 32.1 Å². The molecule has 8 aromatic carbocycles. The number of para-hydroxylation sites is 2. The molecule has 0 fully saturated rings. The highest BCUT2D eigenvalue weighted by Crippen LogP contribution is 2.53. The zero-order chi connectivity index (χ0) is 38.1. The molecule has 0 saturated carbocycles. The van der Waals surface area contributed by atoms with Gasteiger partial charge >= 0.3 is 0 Å². The molecule has 0 amide bonds. The van der Waals surface area contributed by atoms with Crippen LogP contribution in [0.25, 0.3) is 66.1 Å². The molecule has 0 radical (unpaired) electrons. The number of rotatable bonds is 6. The normalized spacial score (nSPS) is 14.2. The third-order valence-electron chi connectivity index (χ3n) is 12.3. The second-order valence-electron chi connectivity index (χ2n) is 15.9. The minimum Gasteiger partial charge on any atom is -0.309 e. The van der Waals surface area contributed by atoms with Gasteiger partial charge in [0.2, 0.25) is 0 Å². The summed E-state index contributed by atoms with van der Waals surface area (Å²) in [5.74, 6) is 0. The molecule has 0 N–H and O–H groups in total. The highest BCUT2D eigenvalue weighted by Gasteiger charge is 2.38. The lowest BCUT2D eigenvalue weighted by Crippen LogP contribution is -2.16. The van der Waals surface area contributed by atoms with Crippen LogP contribution in [0.5, 0.6) is 0 Å². The number of nitrogens with zero attached hydrogens (tertiary/aromatic N) is 2. The first kappa shape index (κ1) is 33.3. The fourth-order valence-electron chi connectivity index (χ4n) is 9.57. The van der Waals surface area contributed by atoms with E-state index in [1.807, 2.05) is 0 Å². The van der Waals surface area contributed by atoms with Gasteiger partial charge in [-0.25, -0.2) is 0 Å². The monoisotopic (exact) mass is 728 g/mol. The highest BCUT2D eigenvalue weighted by atomic mass is 15.1. The molecule has 2 nitrogen and oxygen atoms in total. The fourth-order valence-corrected chi connectivity index (χ4v) is 9.57. The largest absolute Gasteiger partial charge is 0.309 e. The fraction of sp³-hybridized carbons (Fsp3) is 0.0909. The van der Waals surface area contributed by atoms with E-state index in [1.54, 1.807) is 0 Å². The summed E-state index contributed by atoms with van der Waals surface area (Å²) >= 11 is 0. The number of hydrogen-bond acceptors (Lipinski definition) is 1. The van der Waals surface area contributed by atoms with Crippen molar-refractivity contribution < 1.29 is 0 Å². The Morgan fingerprint density at radius 2 is 1.33 bits per heavy atom. The molecule has 2 aliphatic rings. The van der Waals surface area contributed by atoms with Gasteiger partial charge in [-0.1, -0.05) is 147 Å². The summed E-state index contributed by atoms with van der Waals surface area (Å²) in [6.45, 7) is 4.76. The van der Waals surface area contributed by atoms with E-state index in [9.17, 15) is 0 Å². The first-order valence-corrected chi connectivity index (χ1v) is 20.0. The molecule has 11 rings (SSSR count). The lowest BCUT2D eigenvalue weighted by atomic mass is 9.79. The number of fused-ring (bicyclic) bond motifs is 7. The van der Waals surface area contributed by atoms with E-state index in [4.69, 9.17) is 0 Å². The van der Waals surface area contributed by atoms with Crippen molar-refractivity contribution in [1.82, 2.24) is 4.57 Å². The van der Waals surface area contributed by atoms with Crippen molar-refractivity contribution in [3.05, 3.63) is 211 Å². The average Bonchev–Trinajstić information content (AvgIpc) is 3.72. The third kappa shape index (κ3) is 5.27. The molecule has 0 atom stereocenters. The minimum absolute atomic E-state index is 0.0214. The molecule has 1 aromatic heterocycles. The number of allylic oxidation sites excluding steroid dienone is 4. The second kappa shape index (κ2) is 13.0. The molecule has 1 heterocycles. The Balaban J connectivity index is 1.08. The van der Waals surface area contributed by atoms with Crippen LogP contribution in [0.1, 0.15) is 37.8 Å². The van der Waals surface area contributed by atoms with Gasteiger partial charge in [-0.15, -0.1) is 0 Å². The van der Waals surface area contributed by atoms with Gasteiger partial charge in [-0.05, 0) is 123 Å². The first-order chi connectivity index (χ1) is 28.0. The summed E-state index contributed by atoms with van der Waals surface area (Å²) in [4.78, 5) is 2.32. The van der Waals surface area contributed by atoms with Gasteiger partial charge in [0, 0.05) is 38.8 Å². The van der Waals surface area contributed by atoms with Gasteiger partial charge in [0.25, 0.3) is 0 Å². The predicted octanol–water partition coefficient (Wildman–Crippen LogP) is 14.7. The second-order valence-corrected chi connectivity index (χ2v) is 15.9. The molecule has 0 aliphatic heterocycles. The highest BCUT2D eigenvalue weighted by molar-refractivity contribution is 6.11. The Hall–Kier alpha value is -7.08. The van der Waals surface area contributed by atoms with E-state index in [0.717, 1.165) is 46.7 Å². The van der Waals surface area contributed by atoms with Crippen LogP contribution < -0.4 is 4.90 Å².